The molecule has 0 radical (unpaired) electrons. The van der Waals surface area contributed by atoms with Crippen molar-refractivity contribution in [2.45, 2.75) is 0 Å². The van der Waals surface area contributed by atoms with Gasteiger partial charge in [-0.15, -0.1) is 0 Å². The van der Waals surface area contributed by atoms with E-state index in [0.29, 0.717) is 0 Å². The maximum Gasteiger partial charge on any atom is 0.0474 e. The van der Waals surface area contributed by atoms with Gasteiger partial charge in [-0.3, -0.25) is 0 Å². The fourth-order valence-corrected chi connectivity index (χ4v) is 8.59. The lowest BCUT2D eigenvalue weighted by Gasteiger charge is -2.27. The van der Waals surface area contributed by atoms with Crippen LogP contribution in [0, 0.1) is 0 Å². The van der Waals surface area contributed by atoms with Crippen molar-refractivity contribution in [3.8, 4) is 11.1 Å². The molecule has 0 atom stereocenters. The number of nitrogens with zero attached hydrogens (tertiary/aromatic N) is 1. The topological polar surface area (TPSA) is 3.24 Å². The largest absolute Gasteiger partial charge is 0.310 e. The van der Waals surface area contributed by atoms with E-state index in [1.54, 1.807) is 0 Å². The highest BCUT2D eigenvalue weighted by atomic mass is 15.1. The molecule has 0 bridgehead atoms. The van der Waals surface area contributed by atoms with Gasteiger partial charge in [0.05, 0.1) is 0 Å². The Morgan fingerprint density at radius 2 is 0.706 bits per heavy atom. The molecule has 0 saturated carbocycles. The van der Waals surface area contributed by atoms with Gasteiger partial charge < -0.3 is 4.90 Å². The fourth-order valence-electron chi connectivity index (χ4n) is 8.59. The van der Waals surface area contributed by atoms with Crippen molar-refractivity contribution in [1.82, 2.24) is 0 Å². The predicted octanol–water partition coefficient (Wildman–Crippen LogP) is 14.3. The lowest BCUT2D eigenvalue weighted by Crippen LogP contribution is -2.10. The Kier molecular flexibility index (Phi) is 6.02. The van der Waals surface area contributed by atoms with Crippen LogP contribution < -0.4 is 4.90 Å². The number of hydrogen-bond donors (Lipinski definition) is 0. The summed E-state index contributed by atoms with van der Waals surface area (Å²) in [5, 5.41) is 18.0. The second-order valence-corrected chi connectivity index (χ2v) is 13.7. The average Bonchev–Trinajstić information content (AvgIpc) is 3.19. The van der Waals surface area contributed by atoms with Crippen LogP contribution in [-0.4, -0.2) is 0 Å². The van der Waals surface area contributed by atoms with Gasteiger partial charge >= 0.3 is 0 Å². The Labute approximate surface area is 295 Å². The highest BCUT2D eigenvalue weighted by molar-refractivity contribution is 6.37. The molecule has 0 N–H and O–H groups in total. The molecule has 1 nitrogen and oxygen atoms in total. The van der Waals surface area contributed by atoms with E-state index in [9.17, 15) is 0 Å². The van der Waals surface area contributed by atoms with E-state index in [2.05, 4.69) is 193 Å². The molecule has 11 aromatic carbocycles. The monoisotopic (exact) mass is 645 g/mol. The molecular weight excluding hydrogens is 615 g/mol. The third kappa shape index (κ3) is 4.28. The minimum absolute atomic E-state index is 1.12. The van der Waals surface area contributed by atoms with Gasteiger partial charge in [-0.2, -0.15) is 0 Å². The SMILES string of the molecule is c1ccc(N(c2ccc(-c3ccc4ccccc4c3)cc2)c2cc3ccc4cccc5c6cccc7ccc8cccc(c(c2)c3c45)c8c76)cc1. The second kappa shape index (κ2) is 10.9. The number of rotatable bonds is 4. The number of hydrogen-bond acceptors (Lipinski definition) is 1. The van der Waals surface area contributed by atoms with Gasteiger partial charge in [0, 0.05) is 17.1 Å². The minimum atomic E-state index is 1.12. The van der Waals surface area contributed by atoms with Gasteiger partial charge in [0.15, 0.2) is 0 Å². The first-order chi connectivity index (χ1) is 25.3. The second-order valence-electron chi connectivity index (χ2n) is 13.7. The molecule has 11 aromatic rings. The van der Waals surface area contributed by atoms with Crippen molar-refractivity contribution in [3.63, 3.8) is 0 Å². The van der Waals surface area contributed by atoms with Crippen LogP contribution >= 0.6 is 0 Å². The molecule has 0 saturated heterocycles. The van der Waals surface area contributed by atoms with Crippen LogP contribution in [0.5, 0.6) is 0 Å². The van der Waals surface area contributed by atoms with Crippen molar-refractivity contribution in [2.75, 3.05) is 4.90 Å². The first-order valence-corrected chi connectivity index (χ1v) is 17.7. The van der Waals surface area contributed by atoms with Crippen molar-refractivity contribution < 1.29 is 0 Å². The van der Waals surface area contributed by atoms with Gasteiger partial charge in [0.1, 0.15) is 0 Å². The lowest BCUT2D eigenvalue weighted by atomic mass is 9.87. The summed E-state index contributed by atoms with van der Waals surface area (Å²) in [7, 11) is 0. The van der Waals surface area contributed by atoms with E-state index in [0.717, 1.165) is 17.1 Å². The van der Waals surface area contributed by atoms with Gasteiger partial charge in [-0.25, -0.2) is 0 Å². The van der Waals surface area contributed by atoms with Crippen LogP contribution in [0.3, 0.4) is 0 Å². The Bertz CT molecular complexity index is 3120. The molecule has 0 aromatic heterocycles. The van der Waals surface area contributed by atoms with Gasteiger partial charge in [0.2, 0.25) is 0 Å². The molecule has 1 heteroatoms. The van der Waals surface area contributed by atoms with Crippen LogP contribution in [0.15, 0.2) is 188 Å². The summed E-state index contributed by atoms with van der Waals surface area (Å²) >= 11 is 0. The van der Waals surface area contributed by atoms with Crippen LogP contribution in [0.4, 0.5) is 17.1 Å². The predicted molar refractivity (Wildman–Crippen MR) is 220 cm³/mol. The molecule has 0 aliphatic rings. The van der Waals surface area contributed by atoms with Gasteiger partial charge in [-0.1, -0.05) is 146 Å². The third-order valence-corrected chi connectivity index (χ3v) is 10.9. The van der Waals surface area contributed by atoms with Crippen molar-refractivity contribution in [3.05, 3.63) is 188 Å². The number of para-hydroxylation sites is 1. The van der Waals surface area contributed by atoms with Crippen molar-refractivity contribution in [1.29, 1.82) is 0 Å². The molecule has 0 heterocycles. The molecule has 51 heavy (non-hydrogen) atoms. The highest BCUT2D eigenvalue weighted by Crippen LogP contribution is 2.46. The molecule has 11 rings (SSSR count). The van der Waals surface area contributed by atoms with E-state index in [1.807, 2.05) is 0 Å². The van der Waals surface area contributed by atoms with Gasteiger partial charge in [-0.05, 0) is 129 Å². The summed E-state index contributed by atoms with van der Waals surface area (Å²) in [6.45, 7) is 0. The Morgan fingerprint density at radius 3 is 1.35 bits per heavy atom. The zero-order valence-corrected chi connectivity index (χ0v) is 27.8. The van der Waals surface area contributed by atoms with Gasteiger partial charge in [0.25, 0.3) is 0 Å². The molecule has 236 valence electrons. The maximum atomic E-state index is 2.43. The van der Waals surface area contributed by atoms with E-state index in [1.165, 1.54) is 86.5 Å². The fraction of sp³-hybridized carbons (Fsp3) is 0. The first kappa shape index (κ1) is 28.2. The molecule has 0 unspecified atom stereocenters. The Hall–Kier alpha value is -6.70. The first-order valence-electron chi connectivity index (χ1n) is 17.7. The number of benzene rings is 10. The Balaban J connectivity index is 1.21. The standard InChI is InChI=1S/C50H31N/c1-2-14-40(15-3-1)51(41-27-25-33(26-28-41)38-23-19-32-9-4-5-10-37(32)29-38)42-30-39-24-22-36-12-7-17-44-43-16-6-11-34-20-21-35-13-8-18-45(49(35)47(34)43)46(31-42)50(39)48(36)44/h1-31H. The summed E-state index contributed by atoms with van der Waals surface area (Å²) in [6, 6.07) is 69.5. The molecular formula is C50H31N. The Morgan fingerprint density at radius 1 is 0.235 bits per heavy atom. The zero-order chi connectivity index (χ0) is 33.5. The molecule has 0 amide bonds. The smallest absolute Gasteiger partial charge is 0.0474 e. The molecule has 0 aliphatic heterocycles. The molecule has 0 fully saturated rings. The molecule has 0 aliphatic carbocycles. The minimum Gasteiger partial charge on any atom is -0.310 e. The summed E-state index contributed by atoms with van der Waals surface area (Å²) in [4.78, 5) is 2.41. The normalized spacial score (nSPS) is 11.9. The van der Waals surface area contributed by atoms with Crippen LogP contribution in [0.1, 0.15) is 0 Å². The van der Waals surface area contributed by atoms with E-state index < -0.39 is 0 Å². The zero-order valence-electron chi connectivity index (χ0n) is 27.8. The van der Waals surface area contributed by atoms with Crippen LogP contribution in [-0.2, 0) is 0 Å². The summed E-state index contributed by atoms with van der Waals surface area (Å²) < 4.78 is 0. The third-order valence-electron chi connectivity index (χ3n) is 10.9. The van der Waals surface area contributed by atoms with E-state index in [4.69, 9.17) is 0 Å². The van der Waals surface area contributed by atoms with E-state index in [-0.39, 0.29) is 0 Å². The lowest BCUT2D eigenvalue weighted by molar-refractivity contribution is 1.29. The number of anilines is 3. The number of fused-ring (bicyclic) bond motifs is 3. The van der Waals surface area contributed by atoms with Crippen LogP contribution in [0.2, 0.25) is 0 Å². The highest BCUT2D eigenvalue weighted by Gasteiger charge is 2.19. The molecule has 0 spiro atoms. The van der Waals surface area contributed by atoms with E-state index >= 15 is 0 Å². The maximum absolute atomic E-state index is 2.43. The van der Waals surface area contributed by atoms with Crippen molar-refractivity contribution >= 4 is 92.5 Å². The average molecular weight is 646 g/mol. The summed E-state index contributed by atoms with van der Waals surface area (Å²) in [5.41, 5.74) is 5.81. The summed E-state index contributed by atoms with van der Waals surface area (Å²) in [6.07, 6.45) is 0. The quantitative estimate of drug-likeness (QED) is 0.172. The van der Waals surface area contributed by atoms with Crippen LogP contribution in [0.25, 0.3) is 86.5 Å². The van der Waals surface area contributed by atoms with Crippen molar-refractivity contribution in [2.24, 2.45) is 0 Å². The summed E-state index contributed by atoms with van der Waals surface area (Å²) in [5.74, 6) is 0.